The van der Waals surface area contributed by atoms with Crippen molar-refractivity contribution in [2.75, 3.05) is 0 Å². The van der Waals surface area contributed by atoms with Crippen molar-refractivity contribution >= 4 is 64.9 Å². The van der Waals surface area contributed by atoms with E-state index in [4.69, 9.17) is 0 Å². The lowest BCUT2D eigenvalue weighted by atomic mass is 9.83. The van der Waals surface area contributed by atoms with Crippen LogP contribution in [0.1, 0.15) is 0 Å². The monoisotopic (exact) mass is 899 g/mol. The molecule has 1 heterocycles. The van der Waals surface area contributed by atoms with Gasteiger partial charge in [0, 0.05) is 16.5 Å². The van der Waals surface area contributed by atoms with Gasteiger partial charge in [-0.2, -0.15) is 0 Å². The number of nitrogens with zero attached hydrogens (tertiary/aromatic N) is 1. The van der Waals surface area contributed by atoms with Gasteiger partial charge >= 0.3 is 0 Å². The first kappa shape index (κ1) is 40.7. The molecule has 0 saturated carbocycles. The van der Waals surface area contributed by atoms with E-state index in [-0.39, 0.29) is 0 Å². The van der Waals surface area contributed by atoms with Crippen LogP contribution < -0.4 is 0 Å². The molecule has 1 nitrogen and oxygen atoms in total. The van der Waals surface area contributed by atoms with Crippen LogP contribution in [0.2, 0.25) is 0 Å². The minimum atomic E-state index is 1.14. The van der Waals surface area contributed by atoms with Crippen molar-refractivity contribution in [3.63, 3.8) is 0 Å². The molecule has 0 aliphatic rings. The molecule has 1 aromatic heterocycles. The summed E-state index contributed by atoms with van der Waals surface area (Å²) in [6, 6.07) is 101. The Morgan fingerprint density at radius 2 is 0.465 bits per heavy atom. The largest absolute Gasteiger partial charge is 0.309 e. The predicted octanol–water partition coefficient (Wildman–Crippen LogP) is 19.4. The summed E-state index contributed by atoms with van der Waals surface area (Å²) in [6.45, 7) is 0. The summed E-state index contributed by atoms with van der Waals surface area (Å²) in [7, 11) is 0. The Hall–Kier alpha value is -9.30. The second kappa shape index (κ2) is 16.7. The zero-order valence-electron chi connectivity index (χ0n) is 38.9. The highest BCUT2D eigenvalue weighted by Crippen LogP contribution is 2.49. The summed E-state index contributed by atoms with van der Waals surface area (Å²) in [5, 5.41) is 12.4. The van der Waals surface area contributed by atoms with E-state index in [1.807, 2.05) is 0 Å². The lowest BCUT2D eigenvalue weighted by Gasteiger charge is -2.20. The van der Waals surface area contributed by atoms with Gasteiger partial charge in [-0.1, -0.05) is 237 Å². The fourth-order valence-corrected chi connectivity index (χ4v) is 11.8. The normalized spacial score (nSPS) is 11.7. The molecule has 14 aromatic rings. The Morgan fingerprint density at radius 3 is 0.817 bits per heavy atom. The van der Waals surface area contributed by atoms with Crippen molar-refractivity contribution in [1.82, 2.24) is 4.57 Å². The number of para-hydroxylation sites is 1. The molecular weight excluding hydrogens is 855 g/mol. The molecule has 0 saturated heterocycles. The third-order valence-corrected chi connectivity index (χ3v) is 14.8. The Morgan fingerprint density at radius 1 is 0.183 bits per heavy atom. The Kier molecular flexibility index (Phi) is 9.60. The van der Waals surface area contributed by atoms with Crippen molar-refractivity contribution in [3.8, 4) is 72.4 Å². The SMILES string of the molecule is c1ccc(-c2ccccc2-c2c3ccccc3c(-c3ccc4c(c3)c3cc(-c5c6ccccc6c(-c6ccccc6-c6ccccc6)c6ccccc56)ccc3n4-c3ccccc3)c3ccccc23)cc1. The first-order chi connectivity index (χ1) is 35.3. The average Bonchev–Trinajstić information content (AvgIpc) is 3.77. The standard InChI is InChI=1S/C70H45N/c1-4-22-46(23-5-1)51-28-10-12-30-53(51)69-59-36-18-14-32-55(59)67(56-33-15-19-37-60(56)69)48-40-42-65-63(44-48)64-45-49(41-43-66(64)71(65)50-26-8-3-9-27-50)68-57-34-16-20-38-61(57)70(62-39-21-17-35-58(62)68)54-31-13-11-29-52(54)47-24-6-2-7-25-47/h1-45H. The van der Waals surface area contributed by atoms with Gasteiger partial charge < -0.3 is 4.57 Å². The van der Waals surface area contributed by atoms with Gasteiger partial charge in [-0.05, 0) is 146 Å². The smallest absolute Gasteiger partial charge is 0.0541 e. The quantitative estimate of drug-likeness (QED) is 0.141. The van der Waals surface area contributed by atoms with Crippen LogP contribution in [0.25, 0.3) is 137 Å². The van der Waals surface area contributed by atoms with Crippen LogP contribution in [0.4, 0.5) is 0 Å². The Bertz CT molecular complexity index is 3990. The van der Waals surface area contributed by atoms with E-state index < -0.39 is 0 Å². The van der Waals surface area contributed by atoms with E-state index in [1.54, 1.807) is 0 Å². The molecule has 0 radical (unpaired) electrons. The van der Waals surface area contributed by atoms with Crippen molar-refractivity contribution in [2.45, 2.75) is 0 Å². The third-order valence-electron chi connectivity index (χ3n) is 14.8. The van der Waals surface area contributed by atoms with Crippen molar-refractivity contribution in [2.24, 2.45) is 0 Å². The minimum absolute atomic E-state index is 1.14. The number of fused-ring (bicyclic) bond motifs is 7. The highest BCUT2D eigenvalue weighted by atomic mass is 15.0. The molecule has 0 bridgehead atoms. The molecule has 13 aromatic carbocycles. The van der Waals surface area contributed by atoms with E-state index in [9.17, 15) is 0 Å². The molecule has 14 rings (SSSR count). The molecule has 0 unspecified atom stereocenters. The zero-order valence-corrected chi connectivity index (χ0v) is 38.9. The summed E-state index contributed by atoms with van der Waals surface area (Å²) in [5.74, 6) is 0. The van der Waals surface area contributed by atoms with Gasteiger partial charge in [0.25, 0.3) is 0 Å². The lowest BCUT2D eigenvalue weighted by Crippen LogP contribution is -1.94. The predicted molar refractivity (Wildman–Crippen MR) is 303 cm³/mol. The minimum Gasteiger partial charge on any atom is -0.309 e. The van der Waals surface area contributed by atoms with Gasteiger partial charge in [0.2, 0.25) is 0 Å². The number of hydrogen-bond acceptors (Lipinski definition) is 0. The van der Waals surface area contributed by atoms with E-state index in [1.165, 1.54) is 132 Å². The summed E-state index contributed by atoms with van der Waals surface area (Å²) < 4.78 is 2.44. The zero-order chi connectivity index (χ0) is 46.8. The van der Waals surface area contributed by atoms with Crippen LogP contribution in [-0.4, -0.2) is 4.57 Å². The maximum atomic E-state index is 2.46. The fourth-order valence-electron chi connectivity index (χ4n) is 11.8. The molecule has 0 fully saturated rings. The van der Waals surface area contributed by atoms with E-state index in [0.717, 1.165) is 5.69 Å². The van der Waals surface area contributed by atoms with Crippen molar-refractivity contribution in [3.05, 3.63) is 273 Å². The average molecular weight is 900 g/mol. The number of hydrogen-bond donors (Lipinski definition) is 0. The summed E-state index contributed by atoms with van der Waals surface area (Å²) in [4.78, 5) is 0. The Labute approximate surface area is 412 Å². The molecule has 0 aliphatic carbocycles. The molecular formula is C70H45N. The van der Waals surface area contributed by atoms with Crippen molar-refractivity contribution in [1.29, 1.82) is 0 Å². The van der Waals surface area contributed by atoms with E-state index >= 15 is 0 Å². The molecule has 330 valence electrons. The fraction of sp³-hybridized carbons (Fsp3) is 0. The molecule has 0 amide bonds. The topological polar surface area (TPSA) is 4.93 Å². The van der Waals surface area contributed by atoms with Gasteiger partial charge in [-0.3, -0.25) is 0 Å². The molecule has 0 atom stereocenters. The van der Waals surface area contributed by atoms with E-state index in [2.05, 4.69) is 278 Å². The first-order valence-electron chi connectivity index (χ1n) is 24.6. The number of benzene rings is 13. The van der Waals surface area contributed by atoms with Crippen LogP contribution in [0.15, 0.2) is 273 Å². The van der Waals surface area contributed by atoms with Crippen molar-refractivity contribution < 1.29 is 0 Å². The van der Waals surface area contributed by atoms with Gasteiger partial charge in [0.1, 0.15) is 0 Å². The highest BCUT2D eigenvalue weighted by Gasteiger charge is 2.23. The first-order valence-corrected chi connectivity index (χ1v) is 24.6. The van der Waals surface area contributed by atoms with Gasteiger partial charge in [0.05, 0.1) is 11.0 Å². The van der Waals surface area contributed by atoms with Crippen LogP contribution in [0.3, 0.4) is 0 Å². The van der Waals surface area contributed by atoms with Crippen LogP contribution >= 0.6 is 0 Å². The summed E-state index contributed by atoms with van der Waals surface area (Å²) in [6.07, 6.45) is 0. The highest BCUT2D eigenvalue weighted by molar-refractivity contribution is 6.25. The van der Waals surface area contributed by atoms with Crippen LogP contribution in [0, 0.1) is 0 Å². The molecule has 1 heteroatoms. The second-order valence-electron chi connectivity index (χ2n) is 18.6. The van der Waals surface area contributed by atoms with Crippen LogP contribution in [0.5, 0.6) is 0 Å². The number of aromatic nitrogens is 1. The summed E-state index contributed by atoms with van der Waals surface area (Å²) in [5.41, 5.74) is 18.3. The molecule has 0 N–H and O–H groups in total. The second-order valence-corrected chi connectivity index (χ2v) is 18.6. The Balaban J connectivity index is 1.03. The maximum Gasteiger partial charge on any atom is 0.0541 e. The van der Waals surface area contributed by atoms with E-state index in [0.29, 0.717) is 0 Å². The molecule has 0 spiro atoms. The third kappa shape index (κ3) is 6.55. The number of rotatable bonds is 7. The van der Waals surface area contributed by atoms with Gasteiger partial charge in [0.15, 0.2) is 0 Å². The maximum absolute atomic E-state index is 2.46. The van der Waals surface area contributed by atoms with Crippen LogP contribution in [-0.2, 0) is 0 Å². The lowest BCUT2D eigenvalue weighted by molar-refractivity contribution is 1.18. The molecule has 0 aliphatic heterocycles. The molecule has 71 heavy (non-hydrogen) atoms. The summed E-state index contributed by atoms with van der Waals surface area (Å²) >= 11 is 0. The van der Waals surface area contributed by atoms with Gasteiger partial charge in [-0.15, -0.1) is 0 Å². The van der Waals surface area contributed by atoms with Gasteiger partial charge in [-0.25, -0.2) is 0 Å².